The van der Waals surface area contributed by atoms with Crippen LogP contribution in [0.4, 0.5) is 14.5 Å². The lowest BCUT2D eigenvalue weighted by atomic mass is 9.93. The third kappa shape index (κ3) is 3.49. The summed E-state index contributed by atoms with van der Waals surface area (Å²) in [6.45, 7) is 6.24. The van der Waals surface area contributed by atoms with Gasteiger partial charge in [-0.3, -0.25) is 0 Å². The van der Waals surface area contributed by atoms with Crippen molar-refractivity contribution < 1.29 is 8.78 Å². The fraction of sp³-hybridized carbons (Fsp3) is 0.357. The van der Waals surface area contributed by atoms with E-state index in [9.17, 15) is 8.78 Å². The second-order valence-electron chi connectivity index (χ2n) is 5.48. The van der Waals surface area contributed by atoms with Gasteiger partial charge in [0.1, 0.15) is 16.6 Å². The molecule has 0 atom stereocenters. The van der Waals surface area contributed by atoms with E-state index in [1.54, 1.807) is 0 Å². The van der Waals surface area contributed by atoms with Gasteiger partial charge in [-0.1, -0.05) is 20.8 Å². The van der Waals surface area contributed by atoms with Crippen LogP contribution in [-0.4, -0.2) is 4.98 Å². The molecule has 6 heteroatoms. The van der Waals surface area contributed by atoms with E-state index in [1.807, 2.05) is 5.38 Å². The smallest absolute Gasteiger partial charge is 0.141 e. The Morgan fingerprint density at radius 2 is 1.85 bits per heavy atom. The molecule has 0 aliphatic rings. The predicted octanol–water partition coefficient (Wildman–Crippen LogP) is 4.59. The van der Waals surface area contributed by atoms with Gasteiger partial charge in [0.25, 0.3) is 0 Å². The number of benzene rings is 1. The van der Waals surface area contributed by atoms with Gasteiger partial charge in [0.2, 0.25) is 0 Å². The Balaban J connectivity index is 2.12. The Bertz CT molecular complexity index is 595. The zero-order chi connectivity index (χ0) is 14.9. The van der Waals surface area contributed by atoms with Crippen molar-refractivity contribution in [3.63, 3.8) is 0 Å². The van der Waals surface area contributed by atoms with Gasteiger partial charge in [-0.15, -0.1) is 23.1 Å². The molecule has 2 N–H and O–H groups in total. The van der Waals surface area contributed by atoms with Crippen molar-refractivity contribution in [3.05, 3.63) is 39.8 Å². The van der Waals surface area contributed by atoms with E-state index in [1.165, 1.54) is 11.3 Å². The molecular weight excluding hydrogens is 298 g/mol. The van der Waals surface area contributed by atoms with Crippen molar-refractivity contribution in [2.45, 2.75) is 36.8 Å². The van der Waals surface area contributed by atoms with Gasteiger partial charge in [0.05, 0.1) is 16.3 Å². The minimum atomic E-state index is -0.625. The number of thiazole rings is 1. The quantitative estimate of drug-likeness (QED) is 0.665. The second-order valence-corrected chi connectivity index (χ2v) is 7.41. The normalized spacial score (nSPS) is 11.8. The fourth-order valence-corrected chi connectivity index (χ4v) is 3.55. The molecule has 1 heterocycles. The van der Waals surface area contributed by atoms with Gasteiger partial charge in [-0.2, -0.15) is 0 Å². The highest BCUT2D eigenvalue weighted by atomic mass is 32.2. The van der Waals surface area contributed by atoms with Gasteiger partial charge in [0, 0.05) is 16.5 Å². The van der Waals surface area contributed by atoms with E-state index in [-0.39, 0.29) is 16.0 Å². The summed E-state index contributed by atoms with van der Waals surface area (Å²) in [5, 5.41) is 2.85. The lowest BCUT2D eigenvalue weighted by molar-refractivity contribution is 0.541. The van der Waals surface area contributed by atoms with Crippen molar-refractivity contribution in [2.75, 3.05) is 5.73 Å². The first kappa shape index (κ1) is 15.3. The maximum Gasteiger partial charge on any atom is 0.141 e. The molecule has 0 aliphatic heterocycles. The molecule has 0 amide bonds. The zero-order valence-corrected chi connectivity index (χ0v) is 13.2. The maximum absolute atomic E-state index is 13.7. The summed E-state index contributed by atoms with van der Waals surface area (Å²) in [5.41, 5.74) is 6.46. The topological polar surface area (TPSA) is 38.9 Å². The Labute approximate surface area is 125 Å². The van der Waals surface area contributed by atoms with Crippen molar-refractivity contribution in [2.24, 2.45) is 0 Å². The van der Waals surface area contributed by atoms with Crippen molar-refractivity contribution in [3.8, 4) is 0 Å². The van der Waals surface area contributed by atoms with Crippen LogP contribution < -0.4 is 5.73 Å². The van der Waals surface area contributed by atoms with E-state index in [0.717, 1.165) is 34.6 Å². The van der Waals surface area contributed by atoms with Gasteiger partial charge in [-0.05, 0) is 12.1 Å². The standard InChI is InChI=1S/C14H16F2N2S2/c1-14(2,3)11-6-19-12(18-11)7-20-13-9(15)4-8(17)5-10(13)16/h4-6H,7,17H2,1-3H3. The molecule has 0 saturated carbocycles. The van der Waals surface area contributed by atoms with Crippen LogP contribution in [0.3, 0.4) is 0 Å². The number of thioether (sulfide) groups is 1. The largest absolute Gasteiger partial charge is 0.399 e. The van der Waals surface area contributed by atoms with Crippen LogP contribution in [0.15, 0.2) is 22.4 Å². The van der Waals surface area contributed by atoms with Gasteiger partial charge < -0.3 is 5.73 Å². The van der Waals surface area contributed by atoms with Crippen LogP contribution in [0.5, 0.6) is 0 Å². The Morgan fingerprint density at radius 3 is 2.35 bits per heavy atom. The number of halogens is 2. The van der Waals surface area contributed by atoms with E-state index in [0.29, 0.717) is 5.75 Å². The Morgan fingerprint density at radius 1 is 1.25 bits per heavy atom. The van der Waals surface area contributed by atoms with E-state index >= 15 is 0 Å². The lowest BCUT2D eigenvalue weighted by Crippen LogP contribution is -2.11. The monoisotopic (exact) mass is 314 g/mol. The van der Waals surface area contributed by atoms with Crippen LogP contribution in [0.2, 0.25) is 0 Å². The minimum Gasteiger partial charge on any atom is -0.399 e. The Kier molecular flexibility index (Phi) is 4.34. The lowest BCUT2D eigenvalue weighted by Gasteiger charge is -2.14. The number of aromatic nitrogens is 1. The molecular formula is C14H16F2N2S2. The first-order valence-corrected chi connectivity index (χ1v) is 7.96. The van der Waals surface area contributed by atoms with Crippen molar-refractivity contribution >= 4 is 28.8 Å². The summed E-state index contributed by atoms with van der Waals surface area (Å²) in [6.07, 6.45) is 0. The maximum atomic E-state index is 13.7. The van der Waals surface area contributed by atoms with Crippen molar-refractivity contribution in [1.82, 2.24) is 4.98 Å². The molecule has 0 fully saturated rings. The van der Waals surface area contributed by atoms with E-state index in [2.05, 4.69) is 25.8 Å². The van der Waals surface area contributed by atoms with Gasteiger partial charge >= 0.3 is 0 Å². The number of nitrogens with zero attached hydrogens (tertiary/aromatic N) is 1. The second kappa shape index (κ2) is 5.69. The average molecular weight is 314 g/mol. The SMILES string of the molecule is CC(C)(C)c1csc(CSc2c(F)cc(N)cc2F)n1. The summed E-state index contributed by atoms with van der Waals surface area (Å²) >= 11 is 2.61. The van der Waals surface area contributed by atoms with E-state index in [4.69, 9.17) is 5.73 Å². The highest BCUT2D eigenvalue weighted by Crippen LogP contribution is 2.32. The molecule has 0 aliphatic carbocycles. The number of hydrogen-bond donors (Lipinski definition) is 1. The summed E-state index contributed by atoms with van der Waals surface area (Å²) < 4.78 is 27.3. The number of hydrogen-bond acceptors (Lipinski definition) is 4. The predicted molar refractivity (Wildman–Crippen MR) is 81.1 cm³/mol. The summed E-state index contributed by atoms with van der Waals surface area (Å²) in [7, 11) is 0. The summed E-state index contributed by atoms with van der Waals surface area (Å²) in [4.78, 5) is 4.49. The molecule has 0 bridgehead atoms. The molecule has 2 rings (SSSR count). The van der Waals surface area contributed by atoms with Crippen LogP contribution in [0, 0.1) is 11.6 Å². The van der Waals surface area contributed by atoms with Crippen LogP contribution in [-0.2, 0) is 11.2 Å². The third-order valence-corrected chi connectivity index (χ3v) is 4.81. The first-order valence-electron chi connectivity index (χ1n) is 6.09. The molecule has 0 saturated heterocycles. The number of rotatable bonds is 3. The fourth-order valence-electron chi connectivity index (χ4n) is 1.57. The molecule has 0 unspecified atom stereocenters. The molecule has 1 aromatic heterocycles. The number of nitrogen functional groups attached to an aromatic ring is 1. The van der Waals surface area contributed by atoms with Crippen LogP contribution in [0.1, 0.15) is 31.5 Å². The first-order chi connectivity index (χ1) is 9.27. The van der Waals surface area contributed by atoms with Crippen LogP contribution in [0.25, 0.3) is 0 Å². The van der Waals surface area contributed by atoms with Crippen molar-refractivity contribution in [1.29, 1.82) is 0 Å². The minimum absolute atomic E-state index is 0.00768. The number of anilines is 1. The molecule has 0 radical (unpaired) electrons. The highest BCUT2D eigenvalue weighted by Gasteiger charge is 2.18. The Hall–Kier alpha value is -1.14. The highest BCUT2D eigenvalue weighted by molar-refractivity contribution is 7.98. The molecule has 20 heavy (non-hydrogen) atoms. The zero-order valence-electron chi connectivity index (χ0n) is 11.5. The summed E-state index contributed by atoms with van der Waals surface area (Å²) in [5.74, 6) is -0.807. The average Bonchev–Trinajstić information content (AvgIpc) is 2.75. The van der Waals surface area contributed by atoms with E-state index < -0.39 is 11.6 Å². The number of nitrogens with two attached hydrogens (primary N) is 1. The van der Waals surface area contributed by atoms with Gasteiger partial charge in [0.15, 0.2) is 0 Å². The summed E-state index contributed by atoms with van der Waals surface area (Å²) in [6, 6.07) is 2.27. The van der Waals surface area contributed by atoms with Crippen LogP contribution >= 0.6 is 23.1 Å². The van der Waals surface area contributed by atoms with Gasteiger partial charge in [-0.25, -0.2) is 13.8 Å². The third-order valence-electron chi connectivity index (χ3n) is 2.68. The molecule has 0 spiro atoms. The molecule has 1 aromatic carbocycles. The molecule has 2 nitrogen and oxygen atoms in total. The molecule has 2 aromatic rings. The molecule has 108 valence electrons.